The maximum Gasteiger partial charge on any atom is 0.272 e. The topological polar surface area (TPSA) is 109 Å². The summed E-state index contributed by atoms with van der Waals surface area (Å²) >= 11 is 0. The number of nitro benzene ring substituents is 1. The largest absolute Gasteiger partial charge is 0.272 e. The molecule has 18 heavy (non-hydrogen) atoms. The van der Waals surface area contributed by atoms with Gasteiger partial charge in [0, 0.05) is 12.1 Å². The first-order valence-electron chi connectivity index (χ1n) is 5.07. The van der Waals surface area contributed by atoms with Crippen LogP contribution in [0.2, 0.25) is 0 Å². The molecule has 8 heteroatoms. The average Bonchev–Trinajstić information content (AvgIpc) is 2.67. The van der Waals surface area contributed by atoms with E-state index in [4.69, 9.17) is 0 Å². The van der Waals surface area contributed by atoms with Gasteiger partial charge in [-0.15, -0.1) is 0 Å². The van der Waals surface area contributed by atoms with E-state index in [0.29, 0.717) is 11.4 Å². The van der Waals surface area contributed by atoms with Crippen molar-refractivity contribution >= 4 is 23.0 Å². The number of hydrazone groups is 1. The molecule has 1 atom stereocenters. The summed E-state index contributed by atoms with van der Waals surface area (Å²) in [6.07, 6.45) is 0. The third-order valence-electron chi connectivity index (χ3n) is 2.34. The molecule has 1 aliphatic heterocycles. The lowest BCUT2D eigenvalue weighted by Gasteiger charge is -1.98. The molecule has 0 bridgehead atoms. The Morgan fingerprint density at radius 3 is 2.56 bits per heavy atom. The van der Waals surface area contributed by atoms with E-state index in [1.807, 2.05) is 0 Å². The maximum atomic E-state index is 11.3. The summed E-state index contributed by atoms with van der Waals surface area (Å²) in [6, 6.07) is 4.84. The number of rotatable bonds is 3. The van der Waals surface area contributed by atoms with Gasteiger partial charge in [0.2, 0.25) is 0 Å². The van der Waals surface area contributed by atoms with Gasteiger partial charge in [-0.1, -0.05) is 0 Å². The summed E-state index contributed by atoms with van der Waals surface area (Å²) in [6.45, 7) is 1.66. The van der Waals surface area contributed by atoms with Crippen LogP contribution >= 0.6 is 0 Å². The minimum atomic E-state index is -0.722. The predicted octanol–water partition coefficient (Wildman–Crippen LogP) is 1.55. The lowest BCUT2D eigenvalue weighted by Crippen LogP contribution is -2.25. The zero-order valence-electron chi connectivity index (χ0n) is 9.40. The predicted molar refractivity (Wildman–Crippen MR) is 62.7 cm³/mol. The van der Waals surface area contributed by atoms with Crippen LogP contribution in [0.1, 0.15) is 6.92 Å². The second-order valence-electron chi connectivity index (χ2n) is 3.62. The standard InChI is InChI=1S/C10H9N5O3/c1-6-9(10(16)14-11-6)13-12-7-2-4-8(5-3-7)15(17)18/h2-5,9H,1H3,(H,14,16). The molecule has 0 radical (unpaired) electrons. The number of nitro groups is 1. The molecule has 1 aliphatic rings. The molecular formula is C10H9N5O3. The maximum absolute atomic E-state index is 11.3. The summed E-state index contributed by atoms with van der Waals surface area (Å²) in [7, 11) is 0. The molecule has 0 saturated heterocycles. The molecule has 0 fully saturated rings. The van der Waals surface area contributed by atoms with Gasteiger partial charge in [0.05, 0.1) is 16.3 Å². The Bertz CT molecular complexity index is 549. The molecular weight excluding hydrogens is 238 g/mol. The highest BCUT2D eigenvalue weighted by atomic mass is 16.6. The van der Waals surface area contributed by atoms with Crippen LogP contribution in [0.3, 0.4) is 0 Å². The lowest BCUT2D eigenvalue weighted by atomic mass is 10.2. The molecule has 1 aromatic rings. The number of azo groups is 1. The van der Waals surface area contributed by atoms with Crippen LogP contribution in [0.4, 0.5) is 11.4 Å². The fourth-order valence-corrected chi connectivity index (χ4v) is 1.36. The van der Waals surface area contributed by atoms with E-state index >= 15 is 0 Å². The normalized spacial score (nSPS) is 18.8. The summed E-state index contributed by atoms with van der Waals surface area (Å²) in [4.78, 5) is 21.2. The first-order chi connectivity index (χ1) is 8.58. The van der Waals surface area contributed by atoms with Crippen molar-refractivity contribution in [3.05, 3.63) is 34.4 Å². The van der Waals surface area contributed by atoms with Crippen molar-refractivity contribution in [2.75, 3.05) is 0 Å². The molecule has 1 unspecified atom stereocenters. The Morgan fingerprint density at radius 2 is 2.06 bits per heavy atom. The van der Waals surface area contributed by atoms with Gasteiger partial charge < -0.3 is 0 Å². The van der Waals surface area contributed by atoms with E-state index in [0.717, 1.165) is 0 Å². The SMILES string of the molecule is CC1=NNC(=O)C1N=Nc1ccc([N+](=O)[O-])cc1. The monoisotopic (exact) mass is 247 g/mol. The van der Waals surface area contributed by atoms with Crippen molar-refractivity contribution in [1.29, 1.82) is 0 Å². The van der Waals surface area contributed by atoms with E-state index < -0.39 is 11.0 Å². The number of hydrogen-bond acceptors (Lipinski definition) is 6. The van der Waals surface area contributed by atoms with Gasteiger partial charge >= 0.3 is 0 Å². The number of carbonyl (C=O) groups is 1. The highest BCUT2D eigenvalue weighted by molar-refractivity contribution is 6.10. The van der Waals surface area contributed by atoms with Crippen molar-refractivity contribution in [3.63, 3.8) is 0 Å². The van der Waals surface area contributed by atoms with Gasteiger partial charge in [-0.25, -0.2) is 5.43 Å². The number of carbonyl (C=O) groups excluding carboxylic acids is 1. The second kappa shape index (κ2) is 4.70. The Morgan fingerprint density at radius 1 is 1.39 bits per heavy atom. The lowest BCUT2D eigenvalue weighted by molar-refractivity contribution is -0.384. The highest BCUT2D eigenvalue weighted by Crippen LogP contribution is 2.19. The van der Waals surface area contributed by atoms with E-state index in [1.54, 1.807) is 6.92 Å². The third-order valence-corrected chi connectivity index (χ3v) is 2.34. The smallest absolute Gasteiger partial charge is 0.270 e. The van der Waals surface area contributed by atoms with E-state index in [-0.39, 0.29) is 11.6 Å². The van der Waals surface area contributed by atoms with Crippen molar-refractivity contribution in [2.45, 2.75) is 13.0 Å². The van der Waals surface area contributed by atoms with Gasteiger partial charge in [0.15, 0.2) is 6.04 Å². The van der Waals surface area contributed by atoms with Crippen LogP contribution in [0, 0.1) is 10.1 Å². The number of non-ortho nitro benzene ring substituents is 1. The molecule has 2 rings (SSSR count). The average molecular weight is 247 g/mol. The number of benzene rings is 1. The van der Waals surface area contributed by atoms with Crippen molar-refractivity contribution in [2.24, 2.45) is 15.3 Å². The quantitative estimate of drug-likeness (QED) is 0.497. The van der Waals surface area contributed by atoms with Crippen LogP contribution in [0.15, 0.2) is 39.6 Å². The first kappa shape index (κ1) is 11.8. The molecule has 0 aliphatic carbocycles. The summed E-state index contributed by atoms with van der Waals surface area (Å²) in [5.41, 5.74) is 3.23. The van der Waals surface area contributed by atoms with Gasteiger partial charge in [0.1, 0.15) is 0 Å². The number of amides is 1. The number of nitrogens with zero attached hydrogens (tertiary/aromatic N) is 4. The van der Waals surface area contributed by atoms with Crippen molar-refractivity contribution in [1.82, 2.24) is 5.43 Å². The van der Waals surface area contributed by atoms with Gasteiger partial charge in [0.25, 0.3) is 11.6 Å². The zero-order chi connectivity index (χ0) is 13.1. The van der Waals surface area contributed by atoms with Crippen LogP contribution in [-0.2, 0) is 4.79 Å². The molecule has 8 nitrogen and oxygen atoms in total. The Balaban J connectivity index is 2.12. The fourth-order valence-electron chi connectivity index (χ4n) is 1.36. The van der Waals surface area contributed by atoms with Crippen LogP contribution in [-0.4, -0.2) is 22.6 Å². The van der Waals surface area contributed by atoms with Crippen molar-refractivity contribution in [3.8, 4) is 0 Å². The molecule has 0 aromatic heterocycles. The molecule has 1 N–H and O–H groups in total. The third kappa shape index (κ3) is 2.37. The second-order valence-corrected chi connectivity index (χ2v) is 3.62. The fraction of sp³-hybridized carbons (Fsp3) is 0.200. The van der Waals surface area contributed by atoms with Crippen LogP contribution < -0.4 is 5.43 Å². The number of nitrogens with one attached hydrogen (secondary N) is 1. The van der Waals surface area contributed by atoms with Gasteiger partial charge in [-0.3, -0.25) is 14.9 Å². The first-order valence-corrected chi connectivity index (χ1v) is 5.07. The van der Waals surface area contributed by atoms with E-state index in [2.05, 4.69) is 20.8 Å². The Labute approximate surface area is 102 Å². The summed E-state index contributed by atoms with van der Waals surface area (Å²) in [5.74, 6) is -0.335. The van der Waals surface area contributed by atoms with Crippen LogP contribution in [0.5, 0.6) is 0 Å². The van der Waals surface area contributed by atoms with Gasteiger partial charge in [-0.05, 0) is 19.1 Å². The molecule has 1 aromatic carbocycles. The number of hydrogen-bond donors (Lipinski definition) is 1. The molecule has 1 heterocycles. The molecule has 92 valence electrons. The Kier molecular flexibility index (Phi) is 3.09. The summed E-state index contributed by atoms with van der Waals surface area (Å²) < 4.78 is 0. The van der Waals surface area contributed by atoms with Crippen LogP contribution in [0.25, 0.3) is 0 Å². The van der Waals surface area contributed by atoms with E-state index in [9.17, 15) is 14.9 Å². The highest BCUT2D eigenvalue weighted by Gasteiger charge is 2.26. The molecule has 0 spiro atoms. The minimum Gasteiger partial charge on any atom is -0.270 e. The van der Waals surface area contributed by atoms with Gasteiger partial charge in [-0.2, -0.15) is 15.3 Å². The zero-order valence-corrected chi connectivity index (χ0v) is 9.40. The molecule has 0 saturated carbocycles. The Hall–Kier alpha value is -2.64. The minimum absolute atomic E-state index is 0.0229. The van der Waals surface area contributed by atoms with E-state index in [1.165, 1.54) is 24.3 Å². The summed E-state index contributed by atoms with van der Waals surface area (Å²) in [5, 5.41) is 21.9. The van der Waals surface area contributed by atoms with Crippen molar-refractivity contribution < 1.29 is 9.72 Å². The molecule has 1 amide bonds.